The number of aromatic amines is 1. The Kier molecular flexibility index (Phi) is 3.61. The number of fused-ring (bicyclic) bond motifs is 1. The third-order valence-electron chi connectivity index (χ3n) is 4.04. The van der Waals surface area contributed by atoms with Gasteiger partial charge in [-0.3, -0.25) is 0 Å². The summed E-state index contributed by atoms with van der Waals surface area (Å²) < 4.78 is 27.9. The van der Waals surface area contributed by atoms with E-state index in [-0.39, 0.29) is 11.4 Å². The minimum absolute atomic E-state index is 0.116. The second kappa shape index (κ2) is 5.92. The van der Waals surface area contributed by atoms with Gasteiger partial charge in [0.25, 0.3) is 0 Å². The molecule has 0 aliphatic carbocycles. The molecular formula is C19H15F2N3. The van der Waals surface area contributed by atoms with Gasteiger partial charge in [-0.05, 0) is 23.8 Å². The predicted molar refractivity (Wildman–Crippen MR) is 88.7 cm³/mol. The third-order valence-corrected chi connectivity index (χ3v) is 4.04. The molecule has 5 heteroatoms. The van der Waals surface area contributed by atoms with Gasteiger partial charge in [0.05, 0.1) is 23.5 Å². The lowest BCUT2D eigenvalue weighted by Crippen LogP contribution is -2.19. The number of imidazole rings is 1. The van der Waals surface area contributed by atoms with Gasteiger partial charge in [0, 0.05) is 12.7 Å². The largest absolute Gasteiger partial charge is 0.367 e. The summed E-state index contributed by atoms with van der Waals surface area (Å²) in [4.78, 5) is 9.52. The average Bonchev–Trinajstić information content (AvgIpc) is 2.98. The fourth-order valence-corrected chi connectivity index (χ4v) is 2.88. The van der Waals surface area contributed by atoms with Gasteiger partial charge in [0.15, 0.2) is 0 Å². The molecule has 2 aromatic carbocycles. The summed E-state index contributed by atoms with van der Waals surface area (Å²) in [7, 11) is 0. The number of nitrogens with one attached hydrogen (secondary N) is 1. The van der Waals surface area contributed by atoms with Crippen LogP contribution in [0.2, 0.25) is 0 Å². The van der Waals surface area contributed by atoms with Gasteiger partial charge in [-0.15, -0.1) is 0 Å². The fourth-order valence-electron chi connectivity index (χ4n) is 2.88. The van der Waals surface area contributed by atoms with Gasteiger partial charge >= 0.3 is 0 Å². The molecule has 0 atom stereocenters. The van der Waals surface area contributed by atoms with E-state index in [0.717, 1.165) is 17.9 Å². The SMILES string of the molecule is Fc1cccc(F)c1-c1nc2c([nH]1)CN(Cc1ccccc1)C=C2. The minimum atomic E-state index is -0.619. The van der Waals surface area contributed by atoms with Crippen molar-refractivity contribution in [3.05, 3.63) is 83.3 Å². The van der Waals surface area contributed by atoms with Crippen LogP contribution in [-0.4, -0.2) is 14.9 Å². The van der Waals surface area contributed by atoms with Crippen molar-refractivity contribution in [1.29, 1.82) is 0 Å². The molecule has 0 saturated heterocycles. The number of hydrogen-bond acceptors (Lipinski definition) is 2. The molecule has 1 aliphatic heterocycles. The fraction of sp³-hybridized carbons (Fsp3) is 0.105. The van der Waals surface area contributed by atoms with Gasteiger partial charge < -0.3 is 9.88 Å². The Morgan fingerprint density at radius 1 is 1.00 bits per heavy atom. The molecule has 0 spiro atoms. The maximum atomic E-state index is 13.9. The van der Waals surface area contributed by atoms with Crippen molar-refractivity contribution in [2.45, 2.75) is 13.1 Å². The summed E-state index contributed by atoms with van der Waals surface area (Å²) in [6.07, 6.45) is 3.82. The van der Waals surface area contributed by atoms with E-state index < -0.39 is 11.6 Å². The van der Waals surface area contributed by atoms with Crippen molar-refractivity contribution in [2.24, 2.45) is 0 Å². The Balaban J connectivity index is 1.60. The number of nitrogens with zero attached hydrogens (tertiary/aromatic N) is 2. The van der Waals surface area contributed by atoms with Crippen LogP contribution in [0.1, 0.15) is 17.0 Å². The van der Waals surface area contributed by atoms with E-state index in [1.807, 2.05) is 30.5 Å². The number of benzene rings is 2. The molecule has 1 aliphatic rings. The maximum Gasteiger partial charge on any atom is 0.144 e. The second-order valence-electron chi connectivity index (χ2n) is 5.75. The molecule has 3 aromatic rings. The van der Waals surface area contributed by atoms with E-state index >= 15 is 0 Å². The van der Waals surface area contributed by atoms with Crippen LogP contribution in [-0.2, 0) is 13.1 Å². The molecule has 0 unspecified atom stereocenters. The smallest absolute Gasteiger partial charge is 0.144 e. The van der Waals surface area contributed by atoms with Gasteiger partial charge in [0.2, 0.25) is 0 Å². The monoisotopic (exact) mass is 323 g/mol. The highest BCUT2D eigenvalue weighted by Gasteiger charge is 2.20. The lowest BCUT2D eigenvalue weighted by molar-refractivity contribution is 0.355. The zero-order chi connectivity index (χ0) is 16.5. The quantitative estimate of drug-likeness (QED) is 0.777. The number of aromatic nitrogens is 2. The molecule has 0 amide bonds. The highest BCUT2D eigenvalue weighted by Crippen LogP contribution is 2.27. The Bertz CT molecular complexity index is 880. The van der Waals surface area contributed by atoms with Crippen LogP contribution < -0.4 is 0 Å². The van der Waals surface area contributed by atoms with Gasteiger partial charge in [0.1, 0.15) is 17.5 Å². The van der Waals surface area contributed by atoms with Crippen molar-refractivity contribution in [3.63, 3.8) is 0 Å². The van der Waals surface area contributed by atoms with Gasteiger partial charge in [-0.2, -0.15) is 0 Å². The summed E-state index contributed by atoms with van der Waals surface area (Å²) >= 11 is 0. The molecule has 2 heterocycles. The molecule has 4 rings (SSSR count). The summed E-state index contributed by atoms with van der Waals surface area (Å²) in [5.41, 5.74) is 2.66. The highest BCUT2D eigenvalue weighted by molar-refractivity contribution is 5.62. The van der Waals surface area contributed by atoms with Gasteiger partial charge in [-0.25, -0.2) is 13.8 Å². The van der Waals surface area contributed by atoms with Crippen molar-refractivity contribution >= 4 is 6.08 Å². The Morgan fingerprint density at radius 3 is 2.50 bits per heavy atom. The van der Waals surface area contributed by atoms with E-state index in [4.69, 9.17) is 0 Å². The molecule has 1 N–H and O–H groups in total. The Morgan fingerprint density at radius 2 is 1.75 bits per heavy atom. The van der Waals surface area contributed by atoms with Crippen LogP contribution >= 0.6 is 0 Å². The first kappa shape index (κ1) is 14.6. The third kappa shape index (κ3) is 2.69. The van der Waals surface area contributed by atoms with Gasteiger partial charge in [-0.1, -0.05) is 36.4 Å². The molecule has 3 nitrogen and oxygen atoms in total. The van der Waals surface area contributed by atoms with Crippen molar-refractivity contribution < 1.29 is 8.78 Å². The van der Waals surface area contributed by atoms with E-state index in [2.05, 4.69) is 27.0 Å². The Hall–Kier alpha value is -2.95. The Labute approximate surface area is 138 Å². The zero-order valence-electron chi connectivity index (χ0n) is 12.8. The molecule has 0 saturated carbocycles. The molecule has 0 radical (unpaired) electrons. The number of hydrogen-bond donors (Lipinski definition) is 1. The van der Waals surface area contributed by atoms with Crippen molar-refractivity contribution in [3.8, 4) is 11.4 Å². The molecule has 1 aromatic heterocycles. The number of halogens is 2. The first-order chi connectivity index (χ1) is 11.7. The van der Waals surface area contributed by atoms with E-state index in [1.54, 1.807) is 0 Å². The van der Waals surface area contributed by atoms with Crippen LogP contribution in [0.25, 0.3) is 17.5 Å². The lowest BCUT2D eigenvalue weighted by Gasteiger charge is -2.22. The highest BCUT2D eigenvalue weighted by atomic mass is 19.1. The van der Waals surface area contributed by atoms with E-state index in [9.17, 15) is 8.78 Å². The molecule has 120 valence electrons. The predicted octanol–water partition coefficient (Wildman–Crippen LogP) is 4.34. The second-order valence-corrected chi connectivity index (χ2v) is 5.75. The summed E-state index contributed by atoms with van der Waals surface area (Å²) in [6.45, 7) is 1.38. The van der Waals surface area contributed by atoms with Crippen LogP contribution in [0.5, 0.6) is 0 Å². The topological polar surface area (TPSA) is 31.9 Å². The first-order valence-electron chi connectivity index (χ1n) is 7.70. The minimum Gasteiger partial charge on any atom is -0.367 e. The summed E-state index contributed by atoms with van der Waals surface area (Å²) in [6, 6.07) is 13.9. The van der Waals surface area contributed by atoms with Crippen LogP contribution in [0.3, 0.4) is 0 Å². The van der Waals surface area contributed by atoms with Crippen LogP contribution in [0, 0.1) is 11.6 Å². The average molecular weight is 323 g/mol. The van der Waals surface area contributed by atoms with E-state index in [1.165, 1.54) is 23.8 Å². The maximum absolute atomic E-state index is 13.9. The molecule has 24 heavy (non-hydrogen) atoms. The van der Waals surface area contributed by atoms with E-state index in [0.29, 0.717) is 6.54 Å². The normalized spacial score (nSPS) is 13.2. The molecule has 0 fully saturated rings. The van der Waals surface area contributed by atoms with Crippen LogP contribution in [0.15, 0.2) is 54.7 Å². The summed E-state index contributed by atoms with van der Waals surface area (Å²) in [5.74, 6) is -1.01. The van der Waals surface area contributed by atoms with Crippen molar-refractivity contribution in [1.82, 2.24) is 14.9 Å². The number of rotatable bonds is 3. The lowest BCUT2D eigenvalue weighted by atomic mass is 10.2. The molecular weight excluding hydrogens is 308 g/mol. The first-order valence-corrected chi connectivity index (χ1v) is 7.70. The summed E-state index contributed by atoms with van der Waals surface area (Å²) in [5, 5.41) is 0. The van der Waals surface area contributed by atoms with Crippen LogP contribution in [0.4, 0.5) is 8.78 Å². The molecule has 0 bridgehead atoms. The zero-order valence-corrected chi connectivity index (χ0v) is 12.8. The number of H-pyrrole nitrogens is 1. The van der Waals surface area contributed by atoms with Crippen molar-refractivity contribution in [2.75, 3.05) is 0 Å². The standard InChI is InChI=1S/C19H15F2N3/c20-14-7-4-8-15(21)18(14)19-22-16-9-10-24(12-17(16)23-19)11-13-5-2-1-3-6-13/h1-10H,11-12H2,(H,22,23).